The molecule has 0 saturated heterocycles. The number of rotatable bonds is 6. The van der Waals surface area contributed by atoms with E-state index in [-0.39, 0.29) is 11.8 Å². The molecule has 1 aromatic rings. The maximum atomic E-state index is 12.3. The van der Waals surface area contributed by atoms with E-state index in [1.54, 1.807) is 24.3 Å². The zero-order chi connectivity index (χ0) is 12.3. The second-order valence-corrected chi connectivity index (χ2v) is 4.15. The van der Waals surface area contributed by atoms with Crippen molar-refractivity contribution in [3.8, 4) is 5.75 Å². The largest absolute Gasteiger partial charge is 0.434 e. The Morgan fingerprint density at radius 2 is 2.06 bits per heavy atom. The van der Waals surface area contributed by atoms with Gasteiger partial charge in [0.25, 0.3) is 0 Å². The van der Waals surface area contributed by atoms with E-state index < -0.39 is 6.61 Å². The first-order valence-electron chi connectivity index (χ1n) is 5.70. The molecule has 0 spiro atoms. The summed E-state index contributed by atoms with van der Waals surface area (Å²) in [6.45, 7) is -2.45. The van der Waals surface area contributed by atoms with Crippen molar-refractivity contribution >= 4 is 0 Å². The van der Waals surface area contributed by atoms with Gasteiger partial charge in [-0.3, -0.25) is 0 Å². The average Bonchev–Trinajstić information content (AvgIpc) is 3.10. The third-order valence-corrected chi connectivity index (χ3v) is 2.76. The zero-order valence-corrected chi connectivity index (χ0v) is 9.40. The predicted octanol–water partition coefficient (Wildman–Crippen LogP) is 2.04. The minimum absolute atomic E-state index is 0.127. The highest BCUT2D eigenvalue weighted by Crippen LogP contribution is 2.29. The number of hydrogen-bond acceptors (Lipinski definition) is 3. The lowest BCUT2D eigenvalue weighted by Gasteiger charge is -2.20. The summed E-state index contributed by atoms with van der Waals surface area (Å²) in [6, 6.07) is 7.11. The SMILES string of the molecule is NCC(NC1CC1)c1ccccc1OC(F)F. The van der Waals surface area contributed by atoms with Gasteiger partial charge in [-0.05, 0) is 18.9 Å². The molecule has 1 saturated carbocycles. The summed E-state index contributed by atoms with van der Waals surface area (Å²) in [6.07, 6.45) is 2.24. The number of halogens is 2. The molecule has 3 nitrogen and oxygen atoms in total. The number of ether oxygens (including phenoxy) is 1. The van der Waals surface area contributed by atoms with Crippen LogP contribution < -0.4 is 15.8 Å². The summed E-state index contributed by atoms with van der Waals surface area (Å²) in [5.74, 6) is 0.200. The number of hydrogen-bond donors (Lipinski definition) is 2. The third-order valence-electron chi connectivity index (χ3n) is 2.76. The minimum atomic E-state index is -2.81. The van der Waals surface area contributed by atoms with Crippen LogP contribution in [0.25, 0.3) is 0 Å². The topological polar surface area (TPSA) is 47.3 Å². The summed E-state index contributed by atoms with van der Waals surface area (Å²) < 4.78 is 29.0. The van der Waals surface area contributed by atoms with Gasteiger partial charge in [0.2, 0.25) is 0 Å². The summed E-state index contributed by atoms with van der Waals surface area (Å²) in [5.41, 5.74) is 6.37. The number of para-hydroxylation sites is 1. The highest BCUT2D eigenvalue weighted by Gasteiger charge is 2.26. The van der Waals surface area contributed by atoms with Gasteiger partial charge in [-0.1, -0.05) is 18.2 Å². The molecule has 94 valence electrons. The Morgan fingerprint density at radius 1 is 1.35 bits per heavy atom. The van der Waals surface area contributed by atoms with Crippen molar-refractivity contribution in [1.29, 1.82) is 0 Å². The van der Waals surface area contributed by atoms with E-state index in [1.165, 1.54) is 0 Å². The smallest absolute Gasteiger partial charge is 0.387 e. The molecule has 1 aliphatic carbocycles. The molecular formula is C12H16F2N2O. The Hall–Kier alpha value is -1.20. The maximum Gasteiger partial charge on any atom is 0.387 e. The molecule has 1 aliphatic rings. The van der Waals surface area contributed by atoms with Crippen molar-refractivity contribution in [2.24, 2.45) is 5.73 Å². The lowest BCUT2D eigenvalue weighted by Crippen LogP contribution is -2.30. The van der Waals surface area contributed by atoms with E-state index in [0.717, 1.165) is 12.8 Å². The molecule has 0 aliphatic heterocycles. The highest BCUT2D eigenvalue weighted by atomic mass is 19.3. The van der Waals surface area contributed by atoms with Crippen molar-refractivity contribution in [1.82, 2.24) is 5.32 Å². The van der Waals surface area contributed by atoms with Gasteiger partial charge in [0, 0.05) is 24.2 Å². The Morgan fingerprint density at radius 3 is 2.65 bits per heavy atom. The number of alkyl halides is 2. The zero-order valence-electron chi connectivity index (χ0n) is 9.40. The van der Waals surface area contributed by atoms with Gasteiger partial charge < -0.3 is 15.8 Å². The van der Waals surface area contributed by atoms with Crippen molar-refractivity contribution in [3.05, 3.63) is 29.8 Å². The molecule has 0 radical (unpaired) electrons. The molecule has 0 aromatic heterocycles. The molecule has 0 amide bonds. The third kappa shape index (κ3) is 3.38. The van der Waals surface area contributed by atoms with Crippen LogP contribution >= 0.6 is 0 Å². The molecule has 5 heteroatoms. The van der Waals surface area contributed by atoms with Crippen molar-refractivity contribution in [2.45, 2.75) is 31.5 Å². The van der Waals surface area contributed by atoms with Crippen LogP contribution in [0.2, 0.25) is 0 Å². The molecule has 1 unspecified atom stereocenters. The quantitative estimate of drug-likeness (QED) is 0.802. The van der Waals surface area contributed by atoms with Crippen molar-refractivity contribution in [2.75, 3.05) is 6.54 Å². The van der Waals surface area contributed by atoms with Crippen molar-refractivity contribution < 1.29 is 13.5 Å². The van der Waals surface area contributed by atoms with Crippen LogP contribution in [0.3, 0.4) is 0 Å². The number of nitrogens with one attached hydrogen (secondary N) is 1. The second kappa shape index (κ2) is 5.42. The summed E-state index contributed by atoms with van der Waals surface area (Å²) in [7, 11) is 0. The fraction of sp³-hybridized carbons (Fsp3) is 0.500. The van der Waals surface area contributed by atoms with Crippen LogP contribution in [-0.4, -0.2) is 19.2 Å². The van der Waals surface area contributed by atoms with E-state index in [0.29, 0.717) is 18.2 Å². The normalized spacial score (nSPS) is 17.2. The van der Waals surface area contributed by atoms with Crippen LogP contribution in [0.4, 0.5) is 8.78 Å². The van der Waals surface area contributed by atoms with E-state index in [1.807, 2.05) is 0 Å². The number of nitrogens with two attached hydrogens (primary N) is 1. The molecule has 0 bridgehead atoms. The van der Waals surface area contributed by atoms with Gasteiger partial charge in [0.15, 0.2) is 0 Å². The van der Waals surface area contributed by atoms with Gasteiger partial charge in [0.05, 0.1) is 0 Å². The fourth-order valence-electron chi connectivity index (χ4n) is 1.79. The van der Waals surface area contributed by atoms with Crippen LogP contribution in [0.1, 0.15) is 24.4 Å². The molecule has 17 heavy (non-hydrogen) atoms. The van der Waals surface area contributed by atoms with Crippen LogP contribution in [0, 0.1) is 0 Å². The molecule has 2 rings (SSSR count). The molecular weight excluding hydrogens is 226 g/mol. The summed E-state index contributed by atoms with van der Waals surface area (Å²) in [4.78, 5) is 0. The van der Waals surface area contributed by atoms with E-state index >= 15 is 0 Å². The van der Waals surface area contributed by atoms with E-state index in [9.17, 15) is 8.78 Å². The van der Waals surface area contributed by atoms with E-state index in [2.05, 4.69) is 10.1 Å². The maximum absolute atomic E-state index is 12.3. The molecule has 1 atom stereocenters. The van der Waals surface area contributed by atoms with Gasteiger partial charge >= 0.3 is 6.61 Å². The lowest BCUT2D eigenvalue weighted by atomic mass is 10.1. The van der Waals surface area contributed by atoms with Gasteiger partial charge in [-0.15, -0.1) is 0 Å². The number of benzene rings is 1. The minimum Gasteiger partial charge on any atom is -0.434 e. The Labute approximate surface area is 98.9 Å². The van der Waals surface area contributed by atoms with Gasteiger partial charge in [-0.2, -0.15) is 8.78 Å². The highest BCUT2D eigenvalue weighted by molar-refractivity contribution is 5.36. The lowest BCUT2D eigenvalue weighted by molar-refractivity contribution is -0.0507. The standard InChI is InChI=1S/C12H16F2N2O/c13-12(14)17-11-4-2-1-3-9(11)10(7-15)16-8-5-6-8/h1-4,8,10,12,16H,5-7,15H2. The summed E-state index contributed by atoms with van der Waals surface area (Å²) in [5, 5.41) is 3.32. The predicted molar refractivity (Wildman–Crippen MR) is 61.0 cm³/mol. The fourth-order valence-corrected chi connectivity index (χ4v) is 1.79. The van der Waals surface area contributed by atoms with Gasteiger partial charge in [0.1, 0.15) is 5.75 Å². The van der Waals surface area contributed by atoms with Gasteiger partial charge in [-0.25, -0.2) is 0 Å². The first-order chi connectivity index (χ1) is 8.20. The summed E-state index contributed by atoms with van der Waals surface area (Å²) >= 11 is 0. The average molecular weight is 242 g/mol. The molecule has 1 fully saturated rings. The molecule has 3 N–H and O–H groups in total. The monoisotopic (exact) mass is 242 g/mol. The molecule has 0 heterocycles. The first-order valence-corrected chi connectivity index (χ1v) is 5.70. The van der Waals surface area contributed by atoms with Crippen LogP contribution in [0.5, 0.6) is 5.75 Å². The molecule has 1 aromatic carbocycles. The second-order valence-electron chi connectivity index (χ2n) is 4.15. The Kier molecular flexibility index (Phi) is 3.91. The Bertz CT molecular complexity index is 369. The van der Waals surface area contributed by atoms with Crippen LogP contribution in [0.15, 0.2) is 24.3 Å². The Balaban J connectivity index is 2.15. The van der Waals surface area contributed by atoms with Crippen molar-refractivity contribution in [3.63, 3.8) is 0 Å². The first kappa shape index (κ1) is 12.3. The van der Waals surface area contributed by atoms with Crippen LogP contribution in [-0.2, 0) is 0 Å². The van der Waals surface area contributed by atoms with E-state index in [4.69, 9.17) is 5.73 Å².